The van der Waals surface area contributed by atoms with Gasteiger partial charge < -0.3 is 15.8 Å². The Labute approximate surface area is 182 Å². The minimum absolute atomic E-state index is 0. The number of anilines is 1. The highest BCUT2D eigenvalue weighted by molar-refractivity contribution is 5.94. The molecule has 8 heteroatoms. The van der Waals surface area contributed by atoms with Crippen LogP contribution in [0.25, 0.3) is 11.4 Å². The third-order valence-electron chi connectivity index (χ3n) is 4.54. The van der Waals surface area contributed by atoms with E-state index < -0.39 is 6.10 Å². The van der Waals surface area contributed by atoms with Gasteiger partial charge in [-0.1, -0.05) is 32.9 Å². The number of ether oxygens (including phenoxy) is 1. The largest absolute Gasteiger partial charge is 0.481 e. The summed E-state index contributed by atoms with van der Waals surface area (Å²) in [6.45, 7) is 8.50. The van der Waals surface area contributed by atoms with E-state index in [-0.39, 0.29) is 23.7 Å². The van der Waals surface area contributed by atoms with Gasteiger partial charge in [0.05, 0.1) is 6.54 Å². The highest BCUT2D eigenvalue weighted by atomic mass is 35.5. The molecule has 2 aromatic carbocycles. The van der Waals surface area contributed by atoms with Gasteiger partial charge in [0.1, 0.15) is 11.6 Å². The predicted molar refractivity (Wildman–Crippen MR) is 121 cm³/mol. The second kappa shape index (κ2) is 9.73. The number of hydrogen-bond acceptors (Lipinski definition) is 5. The average Bonchev–Trinajstić information content (AvgIpc) is 3.17. The van der Waals surface area contributed by atoms with E-state index in [1.807, 2.05) is 36.4 Å². The summed E-state index contributed by atoms with van der Waals surface area (Å²) in [7, 11) is 0. The summed E-state index contributed by atoms with van der Waals surface area (Å²) in [5, 5.41) is 9.76. The van der Waals surface area contributed by atoms with Crippen molar-refractivity contribution >= 4 is 24.0 Å². The summed E-state index contributed by atoms with van der Waals surface area (Å²) in [5.41, 5.74) is 8.33. The molecule has 7 nitrogen and oxygen atoms in total. The van der Waals surface area contributed by atoms with E-state index in [2.05, 4.69) is 41.3 Å². The molecule has 0 aliphatic carbocycles. The Kier molecular flexibility index (Phi) is 7.59. The monoisotopic (exact) mass is 429 g/mol. The molecule has 0 bridgehead atoms. The molecule has 0 saturated carbocycles. The van der Waals surface area contributed by atoms with Crippen molar-refractivity contribution in [3.63, 3.8) is 0 Å². The molecule has 1 atom stereocenters. The summed E-state index contributed by atoms with van der Waals surface area (Å²) in [6, 6.07) is 15.1. The zero-order chi connectivity index (χ0) is 21.0. The second-order valence-corrected chi connectivity index (χ2v) is 7.91. The van der Waals surface area contributed by atoms with Crippen LogP contribution in [0.4, 0.5) is 5.69 Å². The lowest BCUT2D eigenvalue weighted by Gasteiger charge is -2.20. The summed E-state index contributed by atoms with van der Waals surface area (Å²) in [4.78, 5) is 16.7. The van der Waals surface area contributed by atoms with Crippen LogP contribution in [-0.2, 0) is 16.8 Å². The smallest absolute Gasteiger partial charge is 0.265 e. The van der Waals surface area contributed by atoms with Crippen LogP contribution in [0.1, 0.15) is 39.1 Å². The molecule has 1 unspecified atom stereocenters. The molecule has 0 aliphatic rings. The van der Waals surface area contributed by atoms with E-state index in [0.29, 0.717) is 29.6 Å². The molecular weight excluding hydrogens is 402 g/mol. The highest BCUT2D eigenvalue weighted by Crippen LogP contribution is 2.25. The van der Waals surface area contributed by atoms with Crippen LogP contribution in [0.5, 0.6) is 5.75 Å². The zero-order valence-corrected chi connectivity index (χ0v) is 18.4. The lowest BCUT2D eigenvalue weighted by molar-refractivity contribution is -0.122. The molecule has 3 aromatic rings. The normalized spacial score (nSPS) is 12.0. The van der Waals surface area contributed by atoms with Crippen molar-refractivity contribution in [2.75, 3.05) is 5.32 Å². The van der Waals surface area contributed by atoms with Crippen LogP contribution in [0.2, 0.25) is 0 Å². The molecule has 0 fully saturated rings. The maximum Gasteiger partial charge on any atom is 0.265 e. The van der Waals surface area contributed by atoms with Crippen molar-refractivity contribution in [1.29, 1.82) is 0 Å². The molecule has 3 rings (SSSR count). The van der Waals surface area contributed by atoms with Crippen molar-refractivity contribution in [1.82, 2.24) is 15.2 Å². The molecule has 0 saturated heterocycles. The Morgan fingerprint density at radius 3 is 2.30 bits per heavy atom. The fourth-order valence-electron chi connectivity index (χ4n) is 2.75. The number of hydrogen-bond donors (Lipinski definition) is 3. The Bertz CT molecular complexity index is 962. The van der Waals surface area contributed by atoms with Crippen LogP contribution >= 0.6 is 12.4 Å². The first-order valence-electron chi connectivity index (χ1n) is 9.56. The van der Waals surface area contributed by atoms with E-state index in [0.717, 1.165) is 5.56 Å². The lowest BCUT2D eigenvalue weighted by Crippen LogP contribution is -2.30. The Morgan fingerprint density at radius 1 is 1.13 bits per heavy atom. The van der Waals surface area contributed by atoms with Crippen molar-refractivity contribution in [2.24, 2.45) is 5.73 Å². The third kappa shape index (κ3) is 5.81. The summed E-state index contributed by atoms with van der Waals surface area (Å²) >= 11 is 0. The number of amides is 1. The van der Waals surface area contributed by atoms with E-state index in [4.69, 9.17) is 10.5 Å². The molecule has 0 aliphatic heterocycles. The van der Waals surface area contributed by atoms with Gasteiger partial charge in [0, 0.05) is 11.3 Å². The molecular formula is C22H28ClN5O2. The molecule has 1 heterocycles. The predicted octanol–water partition coefficient (Wildman–Crippen LogP) is 4.06. The van der Waals surface area contributed by atoms with Crippen LogP contribution in [-0.4, -0.2) is 27.2 Å². The van der Waals surface area contributed by atoms with Crippen molar-refractivity contribution in [3.05, 3.63) is 59.9 Å². The summed E-state index contributed by atoms with van der Waals surface area (Å²) < 4.78 is 5.78. The third-order valence-corrected chi connectivity index (χ3v) is 4.54. The number of carbonyl (C=O) groups excluding carboxylic acids is 1. The number of H-pyrrole nitrogens is 1. The van der Waals surface area contributed by atoms with Gasteiger partial charge in [0.25, 0.3) is 5.91 Å². The van der Waals surface area contributed by atoms with Gasteiger partial charge in [-0.25, -0.2) is 4.98 Å². The van der Waals surface area contributed by atoms with Gasteiger partial charge in [0.15, 0.2) is 11.9 Å². The number of carbonyl (C=O) groups is 1. The summed E-state index contributed by atoms with van der Waals surface area (Å²) in [6.07, 6.45) is -0.629. The van der Waals surface area contributed by atoms with Crippen molar-refractivity contribution in [2.45, 2.75) is 45.8 Å². The number of halogens is 1. The topological polar surface area (TPSA) is 106 Å². The molecule has 30 heavy (non-hydrogen) atoms. The van der Waals surface area contributed by atoms with Crippen molar-refractivity contribution in [3.8, 4) is 17.1 Å². The maximum absolute atomic E-state index is 12.5. The standard InChI is InChI=1S/C22H27N5O2.ClH/c1-14(29-18-11-7-16(8-12-18)22(2,3)4)21(28)24-17-9-5-15(6-10-17)20-25-19(13-23)26-27-20;/h5-12,14H,13,23H2,1-4H3,(H,24,28)(H,25,26,27);1H. The molecule has 4 N–H and O–H groups in total. The minimum atomic E-state index is -0.629. The molecule has 160 valence electrons. The fourth-order valence-corrected chi connectivity index (χ4v) is 2.75. The number of rotatable bonds is 6. The average molecular weight is 430 g/mol. The van der Waals surface area contributed by atoms with Gasteiger partial charge in [0.2, 0.25) is 0 Å². The first-order chi connectivity index (χ1) is 13.8. The number of aromatic nitrogens is 3. The number of nitrogens with one attached hydrogen (secondary N) is 2. The number of benzene rings is 2. The van der Waals surface area contributed by atoms with Crippen molar-refractivity contribution < 1.29 is 9.53 Å². The van der Waals surface area contributed by atoms with Gasteiger partial charge in [-0.3, -0.25) is 9.89 Å². The van der Waals surface area contributed by atoms with Crippen LogP contribution in [0, 0.1) is 0 Å². The Hall–Kier alpha value is -2.90. The molecule has 1 aromatic heterocycles. The van der Waals surface area contributed by atoms with Gasteiger partial charge in [-0.15, -0.1) is 12.4 Å². The van der Waals surface area contributed by atoms with E-state index in [1.165, 1.54) is 5.56 Å². The zero-order valence-electron chi connectivity index (χ0n) is 17.6. The molecule has 1 amide bonds. The van der Waals surface area contributed by atoms with E-state index >= 15 is 0 Å². The fraction of sp³-hybridized carbons (Fsp3) is 0.318. The second-order valence-electron chi connectivity index (χ2n) is 7.91. The quantitative estimate of drug-likeness (QED) is 0.548. The maximum atomic E-state index is 12.5. The molecule has 0 spiro atoms. The van der Waals surface area contributed by atoms with E-state index in [1.54, 1.807) is 19.1 Å². The van der Waals surface area contributed by atoms with Gasteiger partial charge >= 0.3 is 0 Å². The van der Waals surface area contributed by atoms with E-state index in [9.17, 15) is 4.79 Å². The van der Waals surface area contributed by atoms with Crippen LogP contribution in [0.15, 0.2) is 48.5 Å². The SMILES string of the molecule is CC(Oc1ccc(C(C)(C)C)cc1)C(=O)Nc1ccc(-c2n[nH]c(CN)n2)cc1.Cl. The molecule has 0 radical (unpaired) electrons. The first-order valence-corrected chi connectivity index (χ1v) is 9.56. The van der Waals surface area contributed by atoms with Crippen LogP contribution in [0.3, 0.4) is 0 Å². The highest BCUT2D eigenvalue weighted by Gasteiger charge is 2.17. The Morgan fingerprint density at radius 2 is 1.77 bits per heavy atom. The first kappa shape index (κ1) is 23.4. The lowest BCUT2D eigenvalue weighted by atomic mass is 9.87. The number of aromatic amines is 1. The van der Waals surface area contributed by atoms with Gasteiger partial charge in [-0.05, 0) is 54.3 Å². The Balaban J connectivity index is 0.00000320. The number of nitrogens with two attached hydrogens (primary N) is 1. The summed E-state index contributed by atoms with van der Waals surface area (Å²) in [5.74, 6) is 1.63. The minimum Gasteiger partial charge on any atom is -0.481 e. The number of nitrogens with zero attached hydrogens (tertiary/aromatic N) is 2. The van der Waals surface area contributed by atoms with Crippen LogP contribution < -0.4 is 15.8 Å². The van der Waals surface area contributed by atoms with Gasteiger partial charge in [-0.2, -0.15) is 5.10 Å².